The van der Waals surface area contributed by atoms with E-state index in [1.54, 1.807) is 0 Å². The first-order chi connectivity index (χ1) is 9.22. The number of carboxylic acid groups (broad SMARTS) is 1. The van der Waals surface area contributed by atoms with Crippen LogP contribution in [0.15, 0.2) is 18.2 Å². The molecule has 3 heteroatoms. The lowest BCUT2D eigenvalue weighted by molar-refractivity contribution is -0.147. The van der Waals surface area contributed by atoms with Gasteiger partial charge in [0.2, 0.25) is 0 Å². The molecule has 0 aromatic heterocycles. The van der Waals surface area contributed by atoms with Crippen LogP contribution in [0.5, 0.6) is 0 Å². The lowest BCUT2D eigenvalue weighted by Gasteiger charge is -2.38. The Morgan fingerprint density at radius 2 is 2.00 bits per heavy atom. The van der Waals surface area contributed by atoms with E-state index in [-0.39, 0.29) is 0 Å². The molecule has 1 aromatic rings. The van der Waals surface area contributed by atoms with Gasteiger partial charge in [0.15, 0.2) is 0 Å². The van der Waals surface area contributed by atoms with E-state index in [1.165, 1.54) is 11.3 Å². The normalized spacial score (nSPS) is 19.1. The molecule has 0 saturated heterocycles. The first-order valence-electron chi connectivity index (χ1n) is 7.33. The Morgan fingerprint density at radius 3 is 2.58 bits per heavy atom. The Labute approximate surface area is 115 Å². The summed E-state index contributed by atoms with van der Waals surface area (Å²) in [5, 5.41) is 12.8. The summed E-state index contributed by atoms with van der Waals surface area (Å²) in [6.45, 7) is 5.02. The van der Waals surface area contributed by atoms with E-state index in [1.807, 2.05) is 26.0 Å². The molecule has 1 heterocycles. The van der Waals surface area contributed by atoms with Gasteiger partial charge in [0, 0.05) is 12.2 Å². The standard InChI is InChI=1S/C14H17NO2.C2H6/c16-13(17)14(6-2-7-14)11-4-5-12-10(9-11)3-1-8-15-12;1-2/h4-5,9,15H,1-3,6-8H2,(H,16,17);1-2H3. The molecule has 1 saturated carbocycles. The van der Waals surface area contributed by atoms with Crippen molar-refractivity contribution in [3.05, 3.63) is 29.3 Å². The van der Waals surface area contributed by atoms with Crippen molar-refractivity contribution in [1.82, 2.24) is 0 Å². The quantitative estimate of drug-likeness (QED) is 0.855. The topological polar surface area (TPSA) is 49.3 Å². The fourth-order valence-electron chi connectivity index (χ4n) is 2.93. The Bertz CT molecular complexity index is 464. The average Bonchev–Trinajstić information content (AvgIpc) is 2.39. The molecule has 2 aliphatic rings. The minimum atomic E-state index is -0.660. The highest BCUT2D eigenvalue weighted by Gasteiger charge is 2.46. The summed E-state index contributed by atoms with van der Waals surface area (Å²) in [6.07, 6.45) is 4.80. The smallest absolute Gasteiger partial charge is 0.314 e. The lowest BCUT2D eigenvalue weighted by Crippen LogP contribution is -2.42. The van der Waals surface area contributed by atoms with Crippen LogP contribution >= 0.6 is 0 Å². The van der Waals surface area contributed by atoms with Crippen LogP contribution in [0.25, 0.3) is 0 Å². The van der Waals surface area contributed by atoms with Gasteiger partial charge >= 0.3 is 5.97 Å². The zero-order valence-electron chi connectivity index (χ0n) is 11.8. The third-order valence-corrected chi connectivity index (χ3v) is 4.21. The predicted octanol–water partition coefficient (Wildman–Crippen LogP) is 3.58. The number of hydrogen-bond acceptors (Lipinski definition) is 2. The van der Waals surface area contributed by atoms with Gasteiger partial charge in [-0.25, -0.2) is 0 Å². The summed E-state index contributed by atoms with van der Waals surface area (Å²) in [5.41, 5.74) is 2.87. The van der Waals surface area contributed by atoms with Crippen LogP contribution in [0, 0.1) is 0 Å². The Morgan fingerprint density at radius 1 is 1.26 bits per heavy atom. The molecule has 1 aliphatic carbocycles. The number of benzene rings is 1. The molecule has 1 aliphatic heterocycles. The van der Waals surface area contributed by atoms with Gasteiger partial charge in [0.25, 0.3) is 0 Å². The Balaban J connectivity index is 0.000000637. The summed E-state index contributed by atoms with van der Waals surface area (Å²) in [6, 6.07) is 6.14. The molecule has 1 fully saturated rings. The van der Waals surface area contributed by atoms with Gasteiger partial charge in [-0.3, -0.25) is 4.79 Å². The van der Waals surface area contributed by atoms with Crippen LogP contribution in [0.3, 0.4) is 0 Å². The van der Waals surface area contributed by atoms with Gasteiger partial charge in [0.1, 0.15) is 0 Å². The van der Waals surface area contributed by atoms with Gasteiger partial charge in [-0.1, -0.05) is 32.4 Å². The van der Waals surface area contributed by atoms with Crippen molar-refractivity contribution in [2.45, 2.75) is 51.4 Å². The van der Waals surface area contributed by atoms with Crippen LogP contribution in [-0.2, 0) is 16.6 Å². The number of aryl methyl sites for hydroxylation is 1. The molecule has 0 radical (unpaired) electrons. The third kappa shape index (κ3) is 2.34. The second-order valence-electron chi connectivity index (χ2n) is 5.14. The lowest BCUT2D eigenvalue weighted by atomic mass is 9.64. The number of carbonyl (C=O) groups is 1. The molecule has 1 aromatic carbocycles. The van der Waals surface area contributed by atoms with Gasteiger partial charge < -0.3 is 10.4 Å². The number of anilines is 1. The van der Waals surface area contributed by atoms with Crippen molar-refractivity contribution < 1.29 is 9.90 Å². The van der Waals surface area contributed by atoms with E-state index < -0.39 is 11.4 Å². The van der Waals surface area contributed by atoms with Gasteiger partial charge in [-0.2, -0.15) is 0 Å². The third-order valence-electron chi connectivity index (χ3n) is 4.21. The largest absolute Gasteiger partial charge is 0.481 e. The molecule has 2 N–H and O–H groups in total. The molecule has 0 bridgehead atoms. The minimum absolute atomic E-state index is 0.591. The highest BCUT2D eigenvalue weighted by atomic mass is 16.4. The molecule has 0 amide bonds. The number of rotatable bonds is 2. The number of nitrogens with one attached hydrogen (secondary N) is 1. The predicted molar refractivity (Wildman–Crippen MR) is 77.8 cm³/mol. The number of fused-ring (bicyclic) bond motifs is 1. The van der Waals surface area contributed by atoms with Crippen LogP contribution in [0.4, 0.5) is 5.69 Å². The van der Waals surface area contributed by atoms with Gasteiger partial charge in [-0.05, 0) is 42.9 Å². The van der Waals surface area contributed by atoms with E-state index in [0.717, 1.165) is 44.2 Å². The maximum absolute atomic E-state index is 11.5. The van der Waals surface area contributed by atoms with Crippen molar-refractivity contribution in [1.29, 1.82) is 0 Å². The van der Waals surface area contributed by atoms with Crippen LogP contribution in [-0.4, -0.2) is 17.6 Å². The fraction of sp³-hybridized carbons (Fsp3) is 0.562. The van der Waals surface area contributed by atoms with E-state index >= 15 is 0 Å². The first-order valence-corrected chi connectivity index (χ1v) is 7.33. The molecule has 19 heavy (non-hydrogen) atoms. The summed E-state index contributed by atoms with van der Waals surface area (Å²) >= 11 is 0. The number of hydrogen-bond donors (Lipinski definition) is 2. The molecule has 0 spiro atoms. The first kappa shape index (κ1) is 13.9. The van der Waals surface area contributed by atoms with Crippen LogP contribution in [0.1, 0.15) is 50.7 Å². The summed E-state index contributed by atoms with van der Waals surface area (Å²) in [5.74, 6) is -0.660. The maximum atomic E-state index is 11.5. The molecule has 104 valence electrons. The Kier molecular flexibility index (Phi) is 4.13. The van der Waals surface area contributed by atoms with Gasteiger partial charge in [-0.15, -0.1) is 0 Å². The number of aliphatic carboxylic acids is 1. The molecule has 3 rings (SSSR count). The monoisotopic (exact) mass is 261 g/mol. The Hall–Kier alpha value is -1.51. The molecule has 0 unspecified atom stereocenters. The van der Waals surface area contributed by atoms with E-state index in [4.69, 9.17) is 0 Å². The highest BCUT2D eigenvalue weighted by Crippen LogP contribution is 2.45. The second kappa shape index (κ2) is 5.64. The van der Waals surface area contributed by atoms with Crippen molar-refractivity contribution in [3.8, 4) is 0 Å². The maximum Gasteiger partial charge on any atom is 0.314 e. The fourth-order valence-corrected chi connectivity index (χ4v) is 2.93. The van der Waals surface area contributed by atoms with E-state index in [9.17, 15) is 9.90 Å². The minimum Gasteiger partial charge on any atom is -0.481 e. The summed E-state index contributed by atoms with van der Waals surface area (Å²) < 4.78 is 0. The van der Waals surface area contributed by atoms with Gasteiger partial charge in [0.05, 0.1) is 5.41 Å². The molecule has 0 atom stereocenters. The van der Waals surface area contributed by atoms with Crippen LogP contribution in [0.2, 0.25) is 0 Å². The summed E-state index contributed by atoms with van der Waals surface area (Å²) in [4.78, 5) is 11.5. The zero-order chi connectivity index (χ0) is 13.9. The van der Waals surface area contributed by atoms with Crippen molar-refractivity contribution in [2.24, 2.45) is 0 Å². The van der Waals surface area contributed by atoms with E-state index in [2.05, 4.69) is 11.4 Å². The molecular weight excluding hydrogens is 238 g/mol. The number of carboxylic acids is 1. The van der Waals surface area contributed by atoms with E-state index in [0.29, 0.717) is 0 Å². The van der Waals surface area contributed by atoms with Crippen molar-refractivity contribution in [3.63, 3.8) is 0 Å². The molecule has 3 nitrogen and oxygen atoms in total. The van der Waals surface area contributed by atoms with Crippen LogP contribution < -0.4 is 5.32 Å². The zero-order valence-corrected chi connectivity index (χ0v) is 11.8. The van der Waals surface area contributed by atoms with Crippen molar-refractivity contribution in [2.75, 3.05) is 11.9 Å². The molecular formula is C16H23NO2. The highest BCUT2D eigenvalue weighted by molar-refractivity contribution is 5.83. The second-order valence-corrected chi connectivity index (χ2v) is 5.14. The summed E-state index contributed by atoms with van der Waals surface area (Å²) in [7, 11) is 0. The average molecular weight is 261 g/mol. The van der Waals surface area contributed by atoms with Crippen molar-refractivity contribution >= 4 is 11.7 Å². The SMILES string of the molecule is CC.O=C(O)C1(c2ccc3c(c2)CCCN3)CCC1.